The van der Waals surface area contributed by atoms with Crippen LogP contribution in [0.1, 0.15) is 26.3 Å². The van der Waals surface area contributed by atoms with E-state index < -0.39 is 5.79 Å². The molecule has 1 saturated carbocycles. The number of hydrogen-bond donors (Lipinski definition) is 0. The van der Waals surface area contributed by atoms with Crippen LogP contribution in [0.15, 0.2) is 31.2 Å². The second kappa shape index (κ2) is 4.78. The average Bonchev–Trinajstić information content (AvgIpc) is 3.10. The van der Waals surface area contributed by atoms with E-state index >= 15 is 0 Å². The summed E-state index contributed by atoms with van der Waals surface area (Å²) in [7, 11) is 0. The zero-order valence-electron chi connectivity index (χ0n) is 12.6. The molecule has 1 aliphatic heterocycles. The standard InChI is InChI=1S/C16H18ClN3O2/c1-4-9-7-11(13-12(9)21-16(2,3)22-13)20-6-5-10-14(17)18-8-19-15(10)20/h4-6,8-9,11-13H,1,7H2,2-3H3/t9?,11-,12-,13+/m1/s1. The predicted molar refractivity (Wildman–Crippen MR) is 83.7 cm³/mol. The zero-order chi connectivity index (χ0) is 15.5. The molecule has 0 aromatic carbocycles. The van der Waals surface area contributed by atoms with Crippen molar-refractivity contribution >= 4 is 22.6 Å². The van der Waals surface area contributed by atoms with E-state index in [1.54, 1.807) is 0 Å². The summed E-state index contributed by atoms with van der Waals surface area (Å²) in [6, 6.07) is 2.10. The lowest BCUT2D eigenvalue weighted by Gasteiger charge is -2.24. The van der Waals surface area contributed by atoms with E-state index in [9.17, 15) is 0 Å². The van der Waals surface area contributed by atoms with E-state index in [0.717, 1.165) is 17.5 Å². The lowest BCUT2D eigenvalue weighted by molar-refractivity contribution is -0.158. The number of halogens is 1. The summed E-state index contributed by atoms with van der Waals surface area (Å²) < 4.78 is 14.4. The van der Waals surface area contributed by atoms with Crippen LogP contribution in [0, 0.1) is 5.92 Å². The molecule has 6 heteroatoms. The molecular weight excluding hydrogens is 302 g/mol. The normalized spacial score (nSPS) is 33.2. The first-order valence-electron chi connectivity index (χ1n) is 7.45. The molecule has 4 atom stereocenters. The first kappa shape index (κ1) is 14.2. The lowest BCUT2D eigenvalue weighted by atomic mass is 10.1. The number of hydrogen-bond acceptors (Lipinski definition) is 4. The van der Waals surface area contributed by atoms with E-state index in [4.69, 9.17) is 21.1 Å². The Kier molecular flexibility index (Phi) is 3.08. The molecule has 0 N–H and O–H groups in total. The summed E-state index contributed by atoms with van der Waals surface area (Å²) in [5, 5.41) is 1.34. The largest absolute Gasteiger partial charge is 0.344 e. The second-order valence-corrected chi connectivity index (χ2v) is 6.75. The highest BCUT2D eigenvalue weighted by molar-refractivity contribution is 6.33. The Morgan fingerprint density at radius 3 is 2.91 bits per heavy atom. The van der Waals surface area contributed by atoms with Crippen molar-refractivity contribution in [3.8, 4) is 0 Å². The summed E-state index contributed by atoms with van der Waals surface area (Å²) in [5.74, 6) is -0.295. The molecule has 2 aromatic heterocycles. The maximum absolute atomic E-state index is 6.15. The molecule has 0 amide bonds. The molecule has 1 saturated heterocycles. The van der Waals surface area contributed by atoms with Crippen LogP contribution in [0.4, 0.5) is 0 Å². The molecule has 3 heterocycles. The van der Waals surface area contributed by atoms with Crippen molar-refractivity contribution in [1.29, 1.82) is 0 Å². The van der Waals surface area contributed by atoms with Crippen molar-refractivity contribution in [3.05, 3.63) is 36.4 Å². The topological polar surface area (TPSA) is 49.2 Å². The monoisotopic (exact) mass is 319 g/mol. The van der Waals surface area contributed by atoms with Gasteiger partial charge in [-0.1, -0.05) is 17.7 Å². The minimum atomic E-state index is -0.565. The molecule has 4 rings (SSSR count). The van der Waals surface area contributed by atoms with Crippen LogP contribution >= 0.6 is 11.6 Å². The van der Waals surface area contributed by atoms with Gasteiger partial charge in [-0.2, -0.15) is 0 Å². The van der Waals surface area contributed by atoms with Gasteiger partial charge in [0.05, 0.1) is 17.5 Å². The van der Waals surface area contributed by atoms with Crippen molar-refractivity contribution in [2.24, 2.45) is 5.92 Å². The minimum absolute atomic E-state index is 0.0117. The smallest absolute Gasteiger partial charge is 0.163 e. The van der Waals surface area contributed by atoms with E-state index in [1.807, 2.05) is 32.2 Å². The Bertz CT molecular complexity index is 742. The molecule has 1 unspecified atom stereocenters. The molecule has 5 nitrogen and oxygen atoms in total. The van der Waals surface area contributed by atoms with Crippen molar-refractivity contribution in [2.75, 3.05) is 0 Å². The van der Waals surface area contributed by atoms with Crippen LogP contribution in [-0.2, 0) is 9.47 Å². The fourth-order valence-electron chi connectivity index (χ4n) is 3.70. The summed E-state index contributed by atoms with van der Waals surface area (Å²) in [5.41, 5.74) is 0.835. The Balaban J connectivity index is 1.78. The molecule has 116 valence electrons. The van der Waals surface area contributed by atoms with Gasteiger partial charge in [-0.3, -0.25) is 0 Å². The Labute approximate surface area is 133 Å². The summed E-state index contributed by atoms with van der Waals surface area (Å²) in [6.07, 6.45) is 6.41. The van der Waals surface area contributed by atoms with E-state index in [1.165, 1.54) is 6.33 Å². The van der Waals surface area contributed by atoms with Crippen LogP contribution in [0.25, 0.3) is 11.0 Å². The number of ether oxygens (including phenoxy) is 2. The number of nitrogens with zero attached hydrogens (tertiary/aromatic N) is 3. The molecule has 22 heavy (non-hydrogen) atoms. The molecule has 0 bridgehead atoms. The van der Waals surface area contributed by atoms with Gasteiger partial charge in [-0.05, 0) is 26.3 Å². The van der Waals surface area contributed by atoms with Crippen LogP contribution < -0.4 is 0 Å². The first-order valence-corrected chi connectivity index (χ1v) is 7.83. The highest BCUT2D eigenvalue weighted by Crippen LogP contribution is 2.48. The van der Waals surface area contributed by atoms with E-state index in [-0.39, 0.29) is 24.2 Å². The SMILES string of the molecule is C=CC1C[C@@H](n2ccc3c(Cl)ncnc32)[C@@H]2OC(C)(C)O[C@H]12. The summed E-state index contributed by atoms with van der Waals surface area (Å²) in [6.45, 7) is 7.86. The third-order valence-corrected chi connectivity index (χ3v) is 4.90. The van der Waals surface area contributed by atoms with Gasteiger partial charge in [0.15, 0.2) is 5.79 Å². The number of rotatable bonds is 2. The van der Waals surface area contributed by atoms with Gasteiger partial charge in [0.2, 0.25) is 0 Å². The quantitative estimate of drug-likeness (QED) is 0.629. The molecule has 0 radical (unpaired) electrons. The Morgan fingerprint density at radius 2 is 2.14 bits per heavy atom. The third kappa shape index (κ3) is 2.00. The van der Waals surface area contributed by atoms with Gasteiger partial charge >= 0.3 is 0 Å². The highest BCUT2D eigenvalue weighted by atomic mass is 35.5. The summed E-state index contributed by atoms with van der Waals surface area (Å²) >= 11 is 6.15. The number of fused-ring (bicyclic) bond motifs is 2. The molecule has 1 aliphatic carbocycles. The van der Waals surface area contributed by atoms with Gasteiger partial charge in [0.25, 0.3) is 0 Å². The fraction of sp³-hybridized carbons (Fsp3) is 0.500. The average molecular weight is 320 g/mol. The van der Waals surface area contributed by atoms with E-state index in [0.29, 0.717) is 5.15 Å². The third-order valence-electron chi connectivity index (χ3n) is 4.60. The van der Waals surface area contributed by atoms with E-state index in [2.05, 4.69) is 21.1 Å². The Hall–Kier alpha value is -1.43. The fourth-order valence-corrected chi connectivity index (χ4v) is 3.89. The molecule has 0 spiro atoms. The maximum atomic E-state index is 6.15. The van der Waals surface area contributed by atoms with Gasteiger partial charge in [-0.15, -0.1) is 6.58 Å². The predicted octanol–water partition coefficient (Wildman–Crippen LogP) is 3.35. The Morgan fingerprint density at radius 1 is 1.36 bits per heavy atom. The first-order chi connectivity index (χ1) is 10.5. The maximum Gasteiger partial charge on any atom is 0.163 e. The van der Waals surface area contributed by atoms with Crippen LogP contribution in [-0.4, -0.2) is 32.5 Å². The molecule has 2 fully saturated rings. The van der Waals surface area contributed by atoms with Crippen LogP contribution in [0.3, 0.4) is 0 Å². The van der Waals surface area contributed by atoms with Crippen molar-refractivity contribution in [1.82, 2.24) is 14.5 Å². The molecule has 2 aliphatic rings. The lowest BCUT2D eigenvalue weighted by Crippen LogP contribution is -2.27. The summed E-state index contributed by atoms with van der Waals surface area (Å²) in [4.78, 5) is 8.43. The second-order valence-electron chi connectivity index (χ2n) is 6.39. The van der Waals surface area contributed by atoms with Crippen LogP contribution in [0.5, 0.6) is 0 Å². The van der Waals surface area contributed by atoms with Gasteiger partial charge in [-0.25, -0.2) is 9.97 Å². The van der Waals surface area contributed by atoms with Crippen molar-refractivity contribution in [2.45, 2.75) is 44.3 Å². The zero-order valence-corrected chi connectivity index (χ0v) is 13.3. The number of aromatic nitrogens is 3. The minimum Gasteiger partial charge on any atom is -0.344 e. The van der Waals surface area contributed by atoms with Crippen molar-refractivity contribution < 1.29 is 9.47 Å². The van der Waals surface area contributed by atoms with Gasteiger partial charge in [0.1, 0.15) is 23.2 Å². The van der Waals surface area contributed by atoms with Crippen LogP contribution in [0.2, 0.25) is 5.15 Å². The van der Waals surface area contributed by atoms with Crippen molar-refractivity contribution in [3.63, 3.8) is 0 Å². The van der Waals surface area contributed by atoms with Gasteiger partial charge in [0, 0.05) is 12.1 Å². The molecule has 2 aromatic rings. The van der Waals surface area contributed by atoms with Gasteiger partial charge < -0.3 is 14.0 Å². The highest BCUT2D eigenvalue weighted by Gasteiger charge is 2.53. The molecular formula is C16H18ClN3O2.